The zero-order valence-electron chi connectivity index (χ0n) is 7.75. The fraction of sp³-hybridized carbons (Fsp3) is 0.444. The average Bonchev–Trinajstić information content (AvgIpc) is 2.03. The first kappa shape index (κ1) is 12.7. The average molecular weight is 221 g/mol. The maximum atomic E-state index is 5.86. The van der Waals surface area contributed by atoms with Crippen molar-refractivity contribution in [3.05, 3.63) is 29.0 Å². The zero-order chi connectivity index (χ0) is 8.97. The van der Waals surface area contributed by atoms with Crippen LogP contribution in [0, 0.1) is 0 Å². The molecule has 1 N–H and O–H groups in total. The van der Waals surface area contributed by atoms with E-state index in [2.05, 4.69) is 24.1 Å². The number of hydrogen-bond acceptors (Lipinski definition) is 2. The number of pyridine rings is 1. The zero-order valence-corrected chi connectivity index (χ0v) is 9.32. The Balaban J connectivity index is 0.00000144. The van der Waals surface area contributed by atoms with E-state index in [1.807, 2.05) is 12.1 Å². The summed E-state index contributed by atoms with van der Waals surface area (Å²) in [5.41, 5.74) is 1.05. The largest absolute Gasteiger partial charge is 0.310 e. The monoisotopic (exact) mass is 220 g/mol. The van der Waals surface area contributed by atoms with Gasteiger partial charge in [0.2, 0.25) is 0 Å². The number of hydrogen-bond donors (Lipinski definition) is 1. The Morgan fingerprint density at radius 2 is 2.23 bits per heavy atom. The molecule has 74 valence electrons. The van der Waals surface area contributed by atoms with Crippen LogP contribution in [0.25, 0.3) is 0 Å². The van der Waals surface area contributed by atoms with Crippen molar-refractivity contribution in [1.29, 1.82) is 0 Å². The van der Waals surface area contributed by atoms with Crippen molar-refractivity contribution in [3.63, 3.8) is 0 Å². The van der Waals surface area contributed by atoms with Crippen LogP contribution in [-0.4, -0.2) is 11.0 Å². The summed E-state index contributed by atoms with van der Waals surface area (Å²) in [7, 11) is 0. The lowest BCUT2D eigenvalue weighted by molar-refractivity contribution is 0.588. The van der Waals surface area contributed by atoms with E-state index in [0.717, 1.165) is 12.1 Å². The lowest BCUT2D eigenvalue weighted by atomic mass is 10.2. The van der Waals surface area contributed by atoms with Crippen LogP contribution in [0.3, 0.4) is 0 Å². The van der Waals surface area contributed by atoms with Gasteiger partial charge in [0.25, 0.3) is 0 Å². The third-order valence-corrected chi connectivity index (χ3v) is 1.88. The van der Waals surface area contributed by atoms with Crippen LogP contribution in [0.2, 0.25) is 5.15 Å². The number of nitrogens with zero attached hydrogens (tertiary/aromatic N) is 1. The Kier molecular flexibility index (Phi) is 6.04. The van der Waals surface area contributed by atoms with E-state index in [1.54, 1.807) is 6.20 Å². The highest BCUT2D eigenvalue weighted by atomic mass is 35.5. The van der Waals surface area contributed by atoms with E-state index in [9.17, 15) is 0 Å². The highest BCUT2D eigenvalue weighted by Gasteiger charge is 1.99. The minimum absolute atomic E-state index is 0. The van der Waals surface area contributed by atoms with Gasteiger partial charge < -0.3 is 5.32 Å². The number of rotatable bonds is 3. The van der Waals surface area contributed by atoms with Gasteiger partial charge in [-0.05, 0) is 6.07 Å². The Hall–Kier alpha value is -0.310. The first-order chi connectivity index (χ1) is 5.70. The molecule has 0 spiro atoms. The maximum Gasteiger partial charge on any atom is 0.133 e. The van der Waals surface area contributed by atoms with Crippen molar-refractivity contribution < 1.29 is 0 Å². The molecule has 0 aromatic carbocycles. The smallest absolute Gasteiger partial charge is 0.133 e. The molecule has 1 heterocycles. The van der Waals surface area contributed by atoms with Gasteiger partial charge in [-0.15, -0.1) is 12.4 Å². The van der Waals surface area contributed by atoms with Crippen LogP contribution in [0.15, 0.2) is 18.3 Å². The summed E-state index contributed by atoms with van der Waals surface area (Å²) in [6, 6.07) is 4.34. The molecule has 0 aliphatic rings. The Morgan fingerprint density at radius 3 is 2.77 bits per heavy atom. The summed E-state index contributed by atoms with van der Waals surface area (Å²) in [6.45, 7) is 4.99. The van der Waals surface area contributed by atoms with E-state index in [4.69, 9.17) is 11.6 Å². The van der Waals surface area contributed by atoms with Crippen molar-refractivity contribution >= 4 is 24.0 Å². The molecule has 0 atom stereocenters. The second kappa shape index (κ2) is 6.19. The molecular weight excluding hydrogens is 207 g/mol. The molecular formula is C9H14Cl2N2. The van der Waals surface area contributed by atoms with Gasteiger partial charge in [0.05, 0.1) is 0 Å². The van der Waals surface area contributed by atoms with Crippen LogP contribution in [0.4, 0.5) is 0 Å². The van der Waals surface area contributed by atoms with E-state index in [1.165, 1.54) is 0 Å². The molecule has 1 rings (SSSR count). The van der Waals surface area contributed by atoms with Crippen LogP contribution in [0.1, 0.15) is 19.4 Å². The van der Waals surface area contributed by atoms with E-state index >= 15 is 0 Å². The Morgan fingerprint density at radius 1 is 1.54 bits per heavy atom. The molecule has 1 aromatic heterocycles. The fourth-order valence-electron chi connectivity index (χ4n) is 0.865. The van der Waals surface area contributed by atoms with Gasteiger partial charge in [-0.1, -0.05) is 31.5 Å². The lowest BCUT2D eigenvalue weighted by Gasteiger charge is -2.08. The second-order valence-corrected chi connectivity index (χ2v) is 3.35. The fourth-order valence-corrected chi connectivity index (χ4v) is 1.05. The predicted octanol–water partition coefficient (Wildman–Crippen LogP) is 2.65. The van der Waals surface area contributed by atoms with Crippen LogP contribution in [0.5, 0.6) is 0 Å². The third-order valence-electron chi connectivity index (χ3n) is 1.54. The highest BCUT2D eigenvalue weighted by Crippen LogP contribution is 2.10. The van der Waals surface area contributed by atoms with Crippen molar-refractivity contribution in [3.8, 4) is 0 Å². The highest BCUT2D eigenvalue weighted by molar-refractivity contribution is 6.30. The second-order valence-electron chi connectivity index (χ2n) is 2.99. The van der Waals surface area contributed by atoms with Gasteiger partial charge in [0.1, 0.15) is 5.15 Å². The summed E-state index contributed by atoms with van der Waals surface area (Å²) in [4.78, 5) is 3.98. The molecule has 0 unspecified atom stereocenters. The standard InChI is InChI=1S/C9H13ClN2.ClH/c1-7(2)12-6-8-4-3-5-11-9(8)10;/h3-5,7,12H,6H2,1-2H3;1H. The minimum atomic E-state index is 0. The predicted molar refractivity (Wildman–Crippen MR) is 58.5 cm³/mol. The molecule has 13 heavy (non-hydrogen) atoms. The van der Waals surface area contributed by atoms with Gasteiger partial charge in [0, 0.05) is 24.3 Å². The topological polar surface area (TPSA) is 24.9 Å². The van der Waals surface area contributed by atoms with Crippen molar-refractivity contribution in [2.24, 2.45) is 0 Å². The summed E-state index contributed by atoms with van der Waals surface area (Å²) in [5.74, 6) is 0. The first-order valence-corrected chi connectivity index (χ1v) is 4.40. The van der Waals surface area contributed by atoms with E-state index < -0.39 is 0 Å². The molecule has 0 fully saturated rings. The molecule has 0 saturated heterocycles. The summed E-state index contributed by atoms with van der Waals surface area (Å²) < 4.78 is 0. The summed E-state index contributed by atoms with van der Waals surface area (Å²) in [6.07, 6.45) is 1.70. The molecule has 1 aromatic rings. The van der Waals surface area contributed by atoms with Crippen molar-refractivity contribution in [2.75, 3.05) is 0 Å². The normalized spacial score (nSPS) is 9.85. The molecule has 4 heteroatoms. The summed E-state index contributed by atoms with van der Waals surface area (Å²) in [5, 5.41) is 3.87. The SMILES string of the molecule is CC(C)NCc1cccnc1Cl.Cl. The molecule has 2 nitrogen and oxygen atoms in total. The van der Waals surface area contributed by atoms with Crippen LogP contribution >= 0.6 is 24.0 Å². The molecule has 0 amide bonds. The quantitative estimate of drug-likeness (QED) is 0.793. The maximum absolute atomic E-state index is 5.86. The van der Waals surface area contributed by atoms with Crippen LogP contribution in [-0.2, 0) is 6.54 Å². The molecule has 0 bridgehead atoms. The molecule has 0 aliphatic heterocycles. The third kappa shape index (κ3) is 4.46. The van der Waals surface area contributed by atoms with Gasteiger partial charge in [0.15, 0.2) is 0 Å². The molecule has 0 radical (unpaired) electrons. The van der Waals surface area contributed by atoms with Crippen LogP contribution < -0.4 is 5.32 Å². The Bertz CT molecular complexity index is 251. The molecule has 0 aliphatic carbocycles. The van der Waals surface area contributed by atoms with Crippen molar-refractivity contribution in [2.45, 2.75) is 26.4 Å². The number of aromatic nitrogens is 1. The van der Waals surface area contributed by atoms with Gasteiger partial charge in [-0.2, -0.15) is 0 Å². The van der Waals surface area contributed by atoms with Crippen molar-refractivity contribution in [1.82, 2.24) is 10.3 Å². The summed E-state index contributed by atoms with van der Waals surface area (Å²) >= 11 is 5.86. The van der Waals surface area contributed by atoms with Gasteiger partial charge in [-0.3, -0.25) is 0 Å². The van der Waals surface area contributed by atoms with Gasteiger partial charge >= 0.3 is 0 Å². The number of nitrogens with one attached hydrogen (secondary N) is 1. The first-order valence-electron chi connectivity index (χ1n) is 4.03. The lowest BCUT2D eigenvalue weighted by Crippen LogP contribution is -2.22. The van der Waals surface area contributed by atoms with Gasteiger partial charge in [-0.25, -0.2) is 4.98 Å². The van der Waals surface area contributed by atoms with E-state index in [-0.39, 0.29) is 12.4 Å². The van der Waals surface area contributed by atoms with E-state index in [0.29, 0.717) is 11.2 Å². The number of halogens is 2. The molecule has 0 saturated carbocycles. The Labute approximate surface area is 90.1 Å². The minimum Gasteiger partial charge on any atom is -0.310 e.